The molecule has 37 heavy (non-hydrogen) atoms. The van der Waals surface area contributed by atoms with E-state index in [1.165, 1.54) is 0 Å². The van der Waals surface area contributed by atoms with Gasteiger partial charge in [-0.2, -0.15) is 5.10 Å². The Morgan fingerprint density at radius 3 is 2.81 bits per heavy atom. The number of nitrogens with zero attached hydrogens (tertiary/aromatic N) is 4. The maximum atomic E-state index is 13.5. The largest absolute Gasteiger partial charge is 0.497 e. The number of carbonyl (C=O) groups is 1. The number of pyridine rings is 1. The van der Waals surface area contributed by atoms with Crippen LogP contribution in [0.4, 0.5) is 0 Å². The number of methoxy groups -OCH3 is 1. The Morgan fingerprint density at radius 1 is 1.16 bits per heavy atom. The van der Waals surface area contributed by atoms with Crippen molar-refractivity contribution in [3.05, 3.63) is 103 Å². The van der Waals surface area contributed by atoms with E-state index in [9.17, 15) is 4.79 Å². The third-order valence-corrected chi connectivity index (χ3v) is 6.37. The van der Waals surface area contributed by atoms with Crippen LogP contribution in [0.3, 0.4) is 0 Å². The predicted molar refractivity (Wildman–Crippen MR) is 143 cm³/mol. The van der Waals surface area contributed by atoms with Crippen LogP contribution in [-0.2, 0) is 16.1 Å². The van der Waals surface area contributed by atoms with Gasteiger partial charge in [0.2, 0.25) is 5.91 Å². The van der Waals surface area contributed by atoms with Crippen LogP contribution in [0.2, 0.25) is 0 Å². The predicted octanol–water partition coefficient (Wildman–Crippen LogP) is 5.16. The van der Waals surface area contributed by atoms with Gasteiger partial charge in [-0.1, -0.05) is 30.3 Å². The lowest BCUT2D eigenvalue weighted by Gasteiger charge is -2.24. The van der Waals surface area contributed by atoms with Crippen LogP contribution in [0.25, 0.3) is 23.0 Å². The van der Waals surface area contributed by atoms with Gasteiger partial charge in [0.05, 0.1) is 18.9 Å². The summed E-state index contributed by atoms with van der Waals surface area (Å²) in [6.45, 7) is 1.76. The molecule has 188 valence electrons. The van der Waals surface area contributed by atoms with Crippen LogP contribution in [0.15, 0.2) is 91.4 Å². The van der Waals surface area contributed by atoms with E-state index in [0.717, 1.165) is 53.3 Å². The summed E-state index contributed by atoms with van der Waals surface area (Å²) in [4.78, 5) is 19.6. The maximum absolute atomic E-state index is 13.5. The summed E-state index contributed by atoms with van der Waals surface area (Å²) in [6, 6.07) is 21.6. The minimum absolute atomic E-state index is 0.0507. The molecular formula is C30H30N4O3. The summed E-state index contributed by atoms with van der Waals surface area (Å²) in [7, 11) is 1.65. The first kappa shape index (κ1) is 24.5. The Bertz CT molecular complexity index is 1350. The van der Waals surface area contributed by atoms with Crippen LogP contribution in [0.1, 0.15) is 24.0 Å². The van der Waals surface area contributed by atoms with Crippen molar-refractivity contribution in [2.24, 2.45) is 0 Å². The van der Waals surface area contributed by atoms with Crippen molar-refractivity contribution < 1.29 is 14.3 Å². The number of hydrogen-bond donors (Lipinski definition) is 0. The zero-order chi connectivity index (χ0) is 25.5. The molecule has 3 heterocycles. The van der Waals surface area contributed by atoms with Gasteiger partial charge in [0.25, 0.3) is 0 Å². The van der Waals surface area contributed by atoms with Crippen molar-refractivity contribution >= 4 is 12.0 Å². The minimum atomic E-state index is -0.0806. The van der Waals surface area contributed by atoms with Gasteiger partial charge in [0, 0.05) is 55.5 Å². The fourth-order valence-electron chi connectivity index (χ4n) is 4.47. The van der Waals surface area contributed by atoms with Crippen LogP contribution in [-0.4, -0.2) is 51.9 Å². The Kier molecular flexibility index (Phi) is 7.72. The van der Waals surface area contributed by atoms with E-state index < -0.39 is 0 Å². The Labute approximate surface area is 217 Å². The molecule has 2 aromatic carbocycles. The maximum Gasteiger partial charge on any atom is 0.246 e. The highest BCUT2D eigenvalue weighted by atomic mass is 16.5. The molecule has 1 saturated heterocycles. The quantitative estimate of drug-likeness (QED) is 0.301. The third kappa shape index (κ3) is 6.13. The van der Waals surface area contributed by atoms with Crippen LogP contribution in [0, 0.1) is 0 Å². The van der Waals surface area contributed by atoms with Gasteiger partial charge in [0.1, 0.15) is 11.4 Å². The molecule has 4 aromatic rings. The molecule has 0 spiro atoms. The Balaban J connectivity index is 1.43. The van der Waals surface area contributed by atoms with E-state index in [0.29, 0.717) is 13.1 Å². The molecule has 1 amide bonds. The molecule has 0 aliphatic carbocycles. The van der Waals surface area contributed by atoms with Crippen molar-refractivity contribution in [3.8, 4) is 22.7 Å². The zero-order valence-corrected chi connectivity index (χ0v) is 20.9. The summed E-state index contributed by atoms with van der Waals surface area (Å²) in [5.74, 6) is 0.690. The molecular weight excluding hydrogens is 464 g/mol. The topological polar surface area (TPSA) is 69.5 Å². The van der Waals surface area contributed by atoms with E-state index in [4.69, 9.17) is 14.6 Å². The van der Waals surface area contributed by atoms with Gasteiger partial charge in [0.15, 0.2) is 0 Å². The van der Waals surface area contributed by atoms with Gasteiger partial charge in [-0.05, 0) is 60.9 Å². The first-order valence-corrected chi connectivity index (χ1v) is 12.5. The minimum Gasteiger partial charge on any atom is -0.497 e. The lowest BCUT2D eigenvalue weighted by molar-refractivity contribution is -0.128. The molecule has 7 nitrogen and oxygen atoms in total. The number of aromatic nitrogens is 3. The highest BCUT2D eigenvalue weighted by molar-refractivity contribution is 5.93. The molecule has 1 aliphatic rings. The summed E-state index contributed by atoms with van der Waals surface area (Å²) in [6.07, 6.45) is 11.0. The molecule has 0 radical (unpaired) electrons. The molecule has 0 N–H and O–H groups in total. The molecule has 1 aliphatic heterocycles. The summed E-state index contributed by atoms with van der Waals surface area (Å²) >= 11 is 0. The fraction of sp³-hybridized carbons (Fsp3) is 0.233. The first-order valence-electron chi connectivity index (χ1n) is 12.5. The summed E-state index contributed by atoms with van der Waals surface area (Å²) < 4.78 is 13.0. The van der Waals surface area contributed by atoms with Crippen molar-refractivity contribution in [2.45, 2.75) is 25.5 Å². The molecule has 5 rings (SSSR count). The number of rotatable bonds is 9. The van der Waals surface area contributed by atoms with Gasteiger partial charge in [-0.25, -0.2) is 4.68 Å². The van der Waals surface area contributed by atoms with Crippen LogP contribution in [0.5, 0.6) is 5.75 Å². The number of para-hydroxylation sites is 1. The van der Waals surface area contributed by atoms with E-state index in [-0.39, 0.29) is 12.0 Å². The van der Waals surface area contributed by atoms with E-state index in [1.54, 1.807) is 25.6 Å². The van der Waals surface area contributed by atoms with Crippen molar-refractivity contribution in [3.63, 3.8) is 0 Å². The highest BCUT2D eigenvalue weighted by Crippen LogP contribution is 2.25. The average Bonchev–Trinajstić information content (AvgIpc) is 3.63. The molecule has 1 atom stereocenters. The van der Waals surface area contributed by atoms with Crippen LogP contribution >= 0.6 is 0 Å². The normalized spacial score (nSPS) is 15.2. The van der Waals surface area contributed by atoms with Crippen LogP contribution < -0.4 is 4.74 Å². The van der Waals surface area contributed by atoms with E-state index in [2.05, 4.69) is 4.98 Å². The lowest BCUT2D eigenvalue weighted by Crippen LogP contribution is -2.35. The third-order valence-electron chi connectivity index (χ3n) is 6.37. The number of ether oxygens (including phenoxy) is 2. The van der Waals surface area contributed by atoms with E-state index in [1.807, 2.05) is 88.6 Å². The number of benzene rings is 2. The molecule has 1 unspecified atom stereocenters. The number of hydrogen-bond acceptors (Lipinski definition) is 5. The Hall–Kier alpha value is -4.23. The molecule has 0 saturated carbocycles. The zero-order valence-electron chi connectivity index (χ0n) is 20.9. The highest BCUT2D eigenvalue weighted by Gasteiger charge is 2.22. The van der Waals surface area contributed by atoms with Crippen molar-refractivity contribution in [1.29, 1.82) is 0 Å². The van der Waals surface area contributed by atoms with E-state index >= 15 is 0 Å². The van der Waals surface area contributed by atoms with Gasteiger partial charge < -0.3 is 14.4 Å². The lowest BCUT2D eigenvalue weighted by atomic mass is 10.1. The first-order chi connectivity index (χ1) is 18.2. The summed E-state index contributed by atoms with van der Waals surface area (Å²) in [5.41, 5.74) is 4.43. The number of carbonyl (C=O) groups excluding carboxylic acids is 1. The van der Waals surface area contributed by atoms with Gasteiger partial charge >= 0.3 is 0 Å². The monoisotopic (exact) mass is 494 g/mol. The SMILES string of the molecule is COc1cccc(CN(CC2CCCO2)C(=O)C=Cc2cn(-c3ccccc3)nc2-c2cccnc2)c1. The smallest absolute Gasteiger partial charge is 0.246 e. The second-order valence-corrected chi connectivity index (χ2v) is 8.99. The van der Waals surface area contributed by atoms with Gasteiger partial charge in [-0.15, -0.1) is 0 Å². The van der Waals surface area contributed by atoms with Gasteiger partial charge in [-0.3, -0.25) is 9.78 Å². The fourth-order valence-corrected chi connectivity index (χ4v) is 4.47. The number of amides is 1. The molecule has 1 fully saturated rings. The Morgan fingerprint density at radius 2 is 2.05 bits per heavy atom. The molecule has 0 bridgehead atoms. The van der Waals surface area contributed by atoms with Crippen molar-refractivity contribution in [2.75, 3.05) is 20.3 Å². The van der Waals surface area contributed by atoms with Crippen molar-refractivity contribution in [1.82, 2.24) is 19.7 Å². The second kappa shape index (κ2) is 11.7. The summed E-state index contributed by atoms with van der Waals surface area (Å²) in [5, 5.41) is 4.81. The standard InChI is InChI=1S/C30H30N4O3/c1-36-27-12-5-8-23(18-27)20-33(22-28-13-7-17-37-28)29(35)15-14-25-21-34(26-10-3-2-4-11-26)32-30(25)24-9-6-16-31-19-24/h2-6,8-12,14-16,18-19,21,28H,7,13,17,20,22H2,1H3. The average molecular weight is 495 g/mol. The molecule has 2 aromatic heterocycles. The second-order valence-electron chi connectivity index (χ2n) is 8.99. The molecule has 7 heteroatoms.